The minimum atomic E-state index is 0.165. The number of carbonyl (C=O) groups excluding carboxylic acids is 1. The van der Waals surface area contributed by atoms with Crippen molar-refractivity contribution < 1.29 is 4.79 Å². The molecule has 1 heteroatoms. The van der Waals surface area contributed by atoms with Gasteiger partial charge >= 0.3 is 0 Å². The molecular formula is C18H26O. The largest absolute Gasteiger partial charge is 0.295 e. The fourth-order valence-electron chi connectivity index (χ4n) is 3.81. The van der Waals surface area contributed by atoms with Crippen LogP contribution < -0.4 is 0 Å². The smallest absolute Gasteiger partial charge is 0.160 e. The molecular weight excluding hydrogens is 232 g/mol. The predicted molar refractivity (Wildman–Crippen MR) is 81.2 cm³/mol. The lowest BCUT2D eigenvalue weighted by Gasteiger charge is -2.22. The van der Waals surface area contributed by atoms with Crippen LogP contribution in [0.2, 0.25) is 0 Å². The normalized spacial score (nSPS) is 19.6. The van der Waals surface area contributed by atoms with E-state index in [0.29, 0.717) is 5.92 Å². The van der Waals surface area contributed by atoms with Crippen LogP contribution in [0.15, 0.2) is 12.1 Å². The number of rotatable bonds is 2. The quantitative estimate of drug-likeness (QED) is 0.684. The maximum Gasteiger partial charge on any atom is 0.160 e. The first kappa shape index (κ1) is 14.3. The van der Waals surface area contributed by atoms with E-state index in [-0.39, 0.29) is 16.6 Å². The van der Waals surface area contributed by atoms with Crippen molar-refractivity contribution in [3.63, 3.8) is 0 Å². The van der Waals surface area contributed by atoms with Crippen molar-refractivity contribution in [3.05, 3.63) is 34.4 Å². The van der Waals surface area contributed by atoms with Crippen LogP contribution in [0.25, 0.3) is 0 Å². The molecule has 0 aliphatic heterocycles. The highest BCUT2D eigenvalue weighted by Gasteiger charge is 2.42. The van der Waals surface area contributed by atoms with Gasteiger partial charge in [0.1, 0.15) is 0 Å². The zero-order valence-electron chi connectivity index (χ0n) is 13.3. The third kappa shape index (κ3) is 2.24. The Bertz CT molecular complexity index is 533. The first-order valence-electron chi connectivity index (χ1n) is 7.26. The second kappa shape index (κ2) is 4.19. The summed E-state index contributed by atoms with van der Waals surface area (Å²) in [4.78, 5) is 11.9. The van der Waals surface area contributed by atoms with E-state index in [1.54, 1.807) is 6.92 Å². The van der Waals surface area contributed by atoms with Gasteiger partial charge in [-0.3, -0.25) is 4.79 Å². The number of hydrogen-bond donors (Lipinski definition) is 0. The molecule has 104 valence electrons. The Labute approximate surface area is 117 Å². The molecule has 0 saturated carbocycles. The van der Waals surface area contributed by atoms with E-state index < -0.39 is 0 Å². The monoisotopic (exact) mass is 258 g/mol. The Hall–Kier alpha value is -1.11. The molecule has 1 aromatic rings. The first-order chi connectivity index (χ1) is 8.56. The second-order valence-corrected chi connectivity index (χ2v) is 7.64. The van der Waals surface area contributed by atoms with E-state index in [9.17, 15) is 4.79 Å². The Balaban J connectivity index is 2.75. The zero-order chi connectivity index (χ0) is 14.6. The van der Waals surface area contributed by atoms with E-state index in [1.807, 2.05) is 0 Å². The van der Waals surface area contributed by atoms with Crippen LogP contribution in [-0.2, 0) is 10.8 Å². The summed E-state index contributed by atoms with van der Waals surface area (Å²) in [6.07, 6.45) is 1.15. The van der Waals surface area contributed by atoms with E-state index in [2.05, 4.69) is 53.7 Å². The van der Waals surface area contributed by atoms with Crippen LogP contribution in [0, 0.1) is 0 Å². The van der Waals surface area contributed by atoms with Gasteiger partial charge in [-0.15, -0.1) is 0 Å². The lowest BCUT2D eigenvalue weighted by Crippen LogP contribution is -2.18. The summed E-state index contributed by atoms with van der Waals surface area (Å²) < 4.78 is 0. The Morgan fingerprint density at radius 3 is 1.95 bits per heavy atom. The van der Waals surface area contributed by atoms with E-state index in [1.165, 1.54) is 16.7 Å². The molecule has 0 amide bonds. The van der Waals surface area contributed by atoms with Gasteiger partial charge < -0.3 is 0 Å². The molecule has 0 spiro atoms. The SMILES string of the molecule is CC(=O)c1cc2c(cc1C(C)C)C(C)(C)CC2(C)C. The fraction of sp³-hybridized carbons (Fsp3) is 0.611. The summed E-state index contributed by atoms with van der Waals surface area (Å²) in [6, 6.07) is 4.47. The van der Waals surface area contributed by atoms with Gasteiger partial charge in [0, 0.05) is 5.56 Å². The minimum absolute atomic E-state index is 0.165. The Morgan fingerprint density at radius 1 is 1.05 bits per heavy atom. The fourth-order valence-corrected chi connectivity index (χ4v) is 3.81. The highest BCUT2D eigenvalue weighted by Crippen LogP contribution is 2.50. The molecule has 1 aliphatic carbocycles. The maximum atomic E-state index is 11.9. The van der Waals surface area contributed by atoms with Crippen molar-refractivity contribution >= 4 is 5.78 Å². The van der Waals surface area contributed by atoms with Crippen LogP contribution in [0.3, 0.4) is 0 Å². The molecule has 0 unspecified atom stereocenters. The molecule has 0 saturated heterocycles. The average Bonchev–Trinajstić information content (AvgIpc) is 2.42. The summed E-state index contributed by atoms with van der Waals surface area (Å²) in [5, 5.41) is 0. The number of fused-ring (bicyclic) bond motifs is 1. The summed E-state index contributed by atoms with van der Waals surface area (Å²) in [5.74, 6) is 0.579. The second-order valence-electron chi connectivity index (χ2n) is 7.64. The molecule has 1 aliphatic rings. The highest BCUT2D eigenvalue weighted by atomic mass is 16.1. The molecule has 0 aromatic heterocycles. The van der Waals surface area contributed by atoms with Gasteiger partial charge in [0.05, 0.1) is 0 Å². The van der Waals surface area contributed by atoms with E-state index in [4.69, 9.17) is 0 Å². The van der Waals surface area contributed by atoms with Crippen molar-refractivity contribution in [2.75, 3.05) is 0 Å². The third-order valence-corrected chi connectivity index (χ3v) is 4.53. The van der Waals surface area contributed by atoms with Gasteiger partial charge in [-0.2, -0.15) is 0 Å². The van der Waals surface area contributed by atoms with Crippen LogP contribution in [0.4, 0.5) is 0 Å². The molecule has 0 atom stereocenters. The molecule has 1 nitrogen and oxygen atoms in total. The summed E-state index contributed by atoms with van der Waals surface area (Å²) >= 11 is 0. The van der Waals surface area contributed by atoms with Crippen LogP contribution in [0.1, 0.15) is 87.9 Å². The molecule has 0 heterocycles. The van der Waals surface area contributed by atoms with Crippen molar-refractivity contribution in [1.29, 1.82) is 0 Å². The molecule has 1 aromatic carbocycles. The summed E-state index contributed by atoms with van der Waals surface area (Å²) in [7, 11) is 0. The van der Waals surface area contributed by atoms with Gasteiger partial charge in [-0.05, 0) is 52.8 Å². The van der Waals surface area contributed by atoms with Gasteiger partial charge in [0.15, 0.2) is 5.78 Å². The molecule has 0 fully saturated rings. The molecule has 2 rings (SSSR count). The van der Waals surface area contributed by atoms with Crippen LogP contribution in [0.5, 0.6) is 0 Å². The molecule has 0 radical (unpaired) electrons. The van der Waals surface area contributed by atoms with Gasteiger partial charge in [0.2, 0.25) is 0 Å². The van der Waals surface area contributed by atoms with Crippen molar-refractivity contribution in [1.82, 2.24) is 0 Å². The van der Waals surface area contributed by atoms with Gasteiger partial charge in [0.25, 0.3) is 0 Å². The highest BCUT2D eigenvalue weighted by molar-refractivity contribution is 5.96. The van der Waals surface area contributed by atoms with Gasteiger partial charge in [-0.1, -0.05) is 47.6 Å². The van der Waals surface area contributed by atoms with Crippen molar-refractivity contribution in [2.24, 2.45) is 0 Å². The number of carbonyl (C=O) groups is 1. The maximum absolute atomic E-state index is 11.9. The standard InChI is InChI=1S/C18H26O/c1-11(2)13-8-15-16(9-14(13)12(3)19)18(6,7)10-17(15,4)5/h8-9,11H,10H2,1-7H3. The summed E-state index contributed by atoms with van der Waals surface area (Å²) in [6.45, 7) is 15.2. The van der Waals surface area contributed by atoms with E-state index >= 15 is 0 Å². The number of ketones is 1. The van der Waals surface area contributed by atoms with E-state index in [0.717, 1.165) is 12.0 Å². The predicted octanol–water partition coefficient (Wildman–Crippen LogP) is 4.97. The van der Waals surface area contributed by atoms with Crippen LogP contribution >= 0.6 is 0 Å². The number of hydrogen-bond acceptors (Lipinski definition) is 1. The average molecular weight is 258 g/mol. The lowest BCUT2D eigenvalue weighted by molar-refractivity contribution is 0.101. The minimum Gasteiger partial charge on any atom is -0.295 e. The van der Waals surface area contributed by atoms with Crippen LogP contribution in [-0.4, -0.2) is 5.78 Å². The van der Waals surface area contributed by atoms with Crippen molar-refractivity contribution in [3.8, 4) is 0 Å². The lowest BCUT2D eigenvalue weighted by atomic mass is 9.82. The van der Waals surface area contributed by atoms with Gasteiger partial charge in [-0.25, -0.2) is 0 Å². The summed E-state index contributed by atoms with van der Waals surface area (Å²) in [5.41, 5.74) is 5.30. The Morgan fingerprint density at radius 2 is 1.53 bits per heavy atom. The zero-order valence-corrected chi connectivity index (χ0v) is 13.3. The number of benzene rings is 1. The molecule has 0 bridgehead atoms. The Kier molecular flexibility index (Phi) is 3.16. The molecule has 19 heavy (non-hydrogen) atoms. The topological polar surface area (TPSA) is 17.1 Å². The first-order valence-corrected chi connectivity index (χ1v) is 7.26. The molecule has 0 N–H and O–H groups in total. The van der Waals surface area contributed by atoms with Crippen molar-refractivity contribution in [2.45, 2.75) is 71.6 Å². The third-order valence-electron chi connectivity index (χ3n) is 4.53. The number of Topliss-reactive ketones (excluding diaryl/α,β-unsaturated/α-hetero) is 1.